The minimum Gasteiger partial charge on any atom is -0.480 e. The Balaban J connectivity index is 1.61. The Bertz CT molecular complexity index is 1850. The summed E-state index contributed by atoms with van der Waals surface area (Å²) in [6, 6.07) is 12.6. The molecule has 9 nitrogen and oxygen atoms in total. The maximum absolute atomic E-state index is 13.0. The van der Waals surface area contributed by atoms with Crippen molar-refractivity contribution in [3.63, 3.8) is 0 Å². The first kappa shape index (κ1) is 25.4. The third-order valence-corrected chi connectivity index (χ3v) is 7.12. The summed E-state index contributed by atoms with van der Waals surface area (Å²) in [6.45, 7) is 1.81. The largest absolute Gasteiger partial charge is 0.480 e. The van der Waals surface area contributed by atoms with E-state index in [0.717, 1.165) is 4.57 Å². The third-order valence-electron chi connectivity index (χ3n) is 6.30. The summed E-state index contributed by atoms with van der Waals surface area (Å²) in [5, 5.41) is 4.26. The number of hydrogen-bond acceptors (Lipinski definition) is 7. The first-order chi connectivity index (χ1) is 18.2. The predicted octanol–water partition coefficient (Wildman–Crippen LogP) is 5.12. The van der Waals surface area contributed by atoms with Gasteiger partial charge in [0, 0.05) is 37.0 Å². The smallest absolute Gasteiger partial charge is 0.330 e. The Kier molecular flexibility index (Phi) is 6.64. The topological polar surface area (TPSA) is 104 Å². The zero-order valence-electron chi connectivity index (χ0n) is 20.9. The molecule has 0 saturated carbocycles. The summed E-state index contributed by atoms with van der Waals surface area (Å²) in [7, 11) is 4.57. The zero-order valence-corrected chi connectivity index (χ0v) is 22.4. The second-order valence-electron chi connectivity index (χ2n) is 8.57. The molecule has 0 aliphatic rings. The number of halogens is 2. The highest BCUT2D eigenvalue weighted by atomic mass is 35.5. The molecule has 0 bridgehead atoms. The van der Waals surface area contributed by atoms with Crippen molar-refractivity contribution in [2.45, 2.75) is 6.92 Å². The molecule has 0 fully saturated rings. The molecule has 0 amide bonds. The van der Waals surface area contributed by atoms with Crippen LogP contribution in [0.15, 0.2) is 64.4 Å². The van der Waals surface area contributed by atoms with Gasteiger partial charge in [0.25, 0.3) is 5.56 Å². The summed E-state index contributed by atoms with van der Waals surface area (Å²) in [6.07, 6.45) is 3.17. The summed E-state index contributed by atoms with van der Waals surface area (Å²) >= 11 is 13.7. The zero-order chi connectivity index (χ0) is 27.1. The molecule has 5 rings (SSSR count). The molecule has 11 heteroatoms. The van der Waals surface area contributed by atoms with E-state index in [1.54, 1.807) is 25.4 Å². The van der Waals surface area contributed by atoms with Crippen molar-refractivity contribution in [3.8, 4) is 28.3 Å². The number of fused-ring (bicyclic) bond motifs is 1. The summed E-state index contributed by atoms with van der Waals surface area (Å²) in [5.41, 5.74) is 3.32. The average Bonchev–Trinajstić information content (AvgIpc) is 2.92. The second-order valence-corrected chi connectivity index (χ2v) is 9.32. The van der Waals surface area contributed by atoms with Gasteiger partial charge in [0.15, 0.2) is 0 Å². The van der Waals surface area contributed by atoms with E-state index in [0.29, 0.717) is 55.2 Å². The summed E-state index contributed by atoms with van der Waals surface area (Å²) < 4.78 is 7.76. The highest BCUT2D eigenvalue weighted by Crippen LogP contribution is 2.41. The van der Waals surface area contributed by atoms with Gasteiger partial charge in [-0.05, 0) is 19.1 Å². The second kappa shape index (κ2) is 9.92. The lowest BCUT2D eigenvalue weighted by Crippen LogP contribution is -2.37. The van der Waals surface area contributed by atoms with E-state index < -0.39 is 11.2 Å². The fourth-order valence-electron chi connectivity index (χ4n) is 4.28. The number of benzene rings is 2. The van der Waals surface area contributed by atoms with Crippen LogP contribution in [0.3, 0.4) is 0 Å². The minimum absolute atomic E-state index is 0.269. The number of anilines is 2. The van der Waals surface area contributed by atoms with Gasteiger partial charge in [-0.15, -0.1) is 0 Å². The SMILES string of the molecule is COc1nc(-c2cccc(-c3cccc(Nc4nccc5c4c(=O)n(C)c(=O)n5C)c3Cl)c2Cl)cnc1C. The Morgan fingerprint density at radius 1 is 0.895 bits per heavy atom. The van der Waals surface area contributed by atoms with Crippen LogP contribution in [0.2, 0.25) is 10.0 Å². The van der Waals surface area contributed by atoms with Crippen molar-refractivity contribution >= 4 is 45.6 Å². The summed E-state index contributed by atoms with van der Waals surface area (Å²) in [4.78, 5) is 38.6. The van der Waals surface area contributed by atoms with E-state index in [-0.39, 0.29) is 11.2 Å². The minimum atomic E-state index is -0.462. The lowest BCUT2D eigenvalue weighted by Gasteiger charge is -2.16. The van der Waals surface area contributed by atoms with Gasteiger partial charge in [0.2, 0.25) is 5.88 Å². The molecular formula is C27H22Cl2N6O3. The highest BCUT2D eigenvalue weighted by molar-refractivity contribution is 6.39. The number of ether oxygens (including phenoxy) is 1. The first-order valence-electron chi connectivity index (χ1n) is 11.5. The quantitative estimate of drug-likeness (QED) is 0.325. The molecule has 3 aromatic heterocycles. The van der Waals surface area contributed by atoms with Crippen molar-refractivity contribution in [1.29, 1.82) is 0 Å². The molecule has 0 aliphatic carbocycles. The molecular weight excluding hydrogens is 527 g/mol. The number of rotatable bonds is 5. The van der Waals surface area contributed by atoms with Crippen LogP contribution in [0.25, 0.3) is 33.3 Å². The molecule has 0 atom stereocenters. The standard InChI is InChI=1S/C27H22Cl2N6O3/c1-14-25(38-4)33-19(13-31-14)17-9-5-7-15(22(17)28)16-8-6-10-18(23(16)29)32-24-21-20(11-12-30-24)34(2)27(37)35(3)26(21)36/h5-13H,1-4H3,(H,30,32). The predicted molar refractivity (Wildman–Crippen MR) is 150 cm³/mol. The molecule has 192 valence electrons. The van der Waals surface area contributed by atoms with E-state index in [9.17, 15) is 9.59 Å². The Morgan fingerprint density at radius 2 is 1.58 bits per heavy atom. The summed E-state index contributed by atoms with van der Waals surface area (Å²) in [5.74, 6) is 0.694. The number of hydrogen-bond donors (Lipinski definition) is 1. The lowest BCUT2D eigenvalue weighted by atomic mass is 10.0. The average molecular weight is 549 g/mol. The molecule has 0 radical (unpaired) electrons. The molecule has 0 aliphatic heterocycles. The maximum atomic E-state index is 13.0. The molecule has 0 unspecified atom stereocenters. The van der Waals surface area contributed by atoms with E-state index in [1.807, 2.05) is 37.3 Å². The van der Waals surface area contributed by atoms with Gasteiger partial charge in [-0.2, -0.15) is 0 Å². The maximum Gasteiger partial charge on any atom is 0.330 e. The normalized spacial score (nSPS) is 11.1. The van der Waals surface area contributed by atoms with Crippen molar-refractivity contribution in [2.24, 2.45) is 14.1 Å². The van der Waals surface area contributed by atoms with E-state index in [1.165, 1.54) is 24.9 Å². The van der Waals surface area contributed by atoms with E-state index >= 15 is 0 Å². The van der Waals surface area contributed by atoms with Crippen LogP contribution in [0, 0.1) is 6.92 Å². The third kappa shape index (κ3) is 4.19. The Morgan fingerprint density at radius 3 is 2.32 bits per heavy atom. The van der Waals surface area contributed by atoms with Gasteiger partial charge < -0.3 is 10.1 Å². The van der Waals surface area contributed by atoms with Crippen LogP contribution in [-0.2, 0) is 14.1 Å². The van der Waals surface area contributed by atoms with E-state index in [4.69, 9.17) is 27.9 Å². The van der Waals surface area contributed by atoms with E-state index in [2.05, 4.69) is 20.3 Å². The van der Waals surface area contributed by atoms with Crippen molar-refractivity contribution in [2.75, 3.05) is 12.4 Å². The first-order valence-corrected chi connectivity index (χ1v) is 12.3. The van der Waals surface area contributed by atoms with Crippen LogP contribution in [0.4, 0.5) is 11.5 Å². The number of aromatic nitrogens is 5. The molecule has 1 N–H and O–H groups in total. The van der Waals surface area contributed by atoms with Gasteiger partial charge in [-0.3, -0.25) is 18.9 Å². The number of nitrogens with one attached hydrogen (secondary N) is 1. The van der Waals surface area contributed by atoms with Crippen LogP contribution in [-0.4, -0.2) is 31.2 Å². The molecule has 2 aromatic carbocycles. The molecule has 5 aromatic rings. The van der Waals surface area contributed by atoms with Crippen LogP contribution in [0.1, 0.15) is 5.69 Å². The van der Waals surface area contributed by atoms with Gasteiger partial charge in [0.05, 0.1) is 45.9 Å². The Labute approximate surface area is 227 Å². The van der Waals surface area contributed by atoms with Crippen LogP contribution in [0.5, 0.6) is 5.88 Å². The van der Waals surface area contributed by atoms with Crippen LogP contribution < -0.4 is 21.3 Å². The fraction of sp³-hybridized carbons (Fsp3) is 0.148. The number of nitrogens with zero attached hydrogens (tertiary/aromatic N) is 5. The monoisotopic (exact) mass is 548 g/mol. The van der Waals surface area contributed by atoms with Gasteiger partial charge >= 0.3 is 5.69 Å². The van der Waals surface area contributed by atoms with Crippen molar-refractivity contribution in [1.82, 2.24) is 24.1 Å². The van der Waals surface area contributed by atoms with Crippen LogP contribution >= 0.6 is 23.2 Å². The molecule has 38 heavy (non-hydrogen) atoms. The number of methoxy groups -OCH3 is 1. The molecule has 0 saturated heterocycles. The molecule has 0 spiro atoms. The van der Waals surface area contributed by atoms with Gasteiger partial charge in [-0.1, -0.05) is 53.5 Å². The number of aryl methyl sites for hydroxylation is 2. The lowest BCUT2D eigenvalue weighted by molar-refractivity contribution is 0.392. The fourth-order valence-corrected chi connectivity index (χ4v) is 4.88. The van der Waals surface area contributed by atoms with Crippen molar-refractivity contribution < 1.29 is 4.74 Å². The molecule has 3 heterocycles. The van der Waals surface area contributed by atoms with Gasteiger partial charge in [-0.25, -0.2) is 14.8 Å². The number of pyridine rings is 1. The Hall–Kier alpha value is -4.21. The van der Waals surface area contributed by atoms with Crippen molar-refractivity contribution in [3.05, 3.63) is 91.4 Å². The highest BCUT2D eigenvalue weighted by Gasteiger charge is 2.18. The van der Waals surface area contributed by atoms with Gasteiger partial charge in [0.1, 0.15) is 11.2 Å².